The van der Waals surface area contributed by atoms with Gasteiger partial charge in [0, 0.05) is 15.6 Å². The Balaban J connectivity index is 1.61. The zero-order valence-corrected chi connectivity index (χ0v) is 19.8. The zero-order chi connectivity index (χ0) is 23.8. The maximum atomic E-state index is 12.5. The van der Waals surface area contributed by atoms with E-state index in [0.29, 0.717) is 11.1 Å². The van der Waals surface area contributed by atoms with E-state index < -0.39 is 11.9 Å². The molecule has 168 valence electrons. The largest absolute Gasteiger partial charge is 0.422 e. The Morgan fingerprint density at radius 3 is 2.45 bits per heavy atom. The van der Waals surface area contributed by atoms with Crippen LogP contribution in [0.3, 0.4) is 0 Å². The average molecular weight is 529 g/mol. The molecular formula is C24H19BrClN3O4. The molecule has 0 spiro atoms. The van der Waals surface area contributed by atoms with E-state index in [0.717, 1.165) is 10.0 Å². The van der Waals surface area contributed by atoms with Crippen LogP contribution in [-0.2, 0) is 4.79 Å². The molecule has 9 heteroatoms. The van der Waals surface area contributed by atoms with Crippen molar-refractivity contribution < 1.29 is 19.1 Å². The summed E-state index contributed by atoms with van der Waals surface area (Å²) in [6, 6.07) is 18.6. The molecule has 0 fully saturated rings. The number of carbonyl (C=O) groups is 3. The van der Waals surface area contributed by atoms with Crippen molar-refractivity contribution >= 4 is 51.5 Å². The van der Waals surface area contributed by atoms with Crippen LogP contribution in [0.2, 0.25) is 5.02 Å². The number of amides is 2. The lowest BCUT2D eigenvalue weighted by atomic mass is 10.1. The highest BCUT2D eigenvalue weighted by atomic mass is 79.9. The van der Waals surface area contributed by atoms with Crippen LogP contribution >= 0.6 is 27.5 Å². The molecular weight excluding hydrogens is 510 g/mol. The molecule has 0 aromatic heterocycles. The van der Waals surface area contributed by atoms with Gasteiger partial charge < -0.3 is 10.1 Å². The Morgan fingerprint density at radius 1 is 1.03 bits per heavy atom. The van der Waals surface area contributed by atoms with Gasteiger partial charge in [-0.15, -0.1) is 0 Å². The SMILES string of the molecule is Cc1ccccc1C(=O)NCC(=O)N/N=C/c1cc(Br)ccc1OC(=O)c1ccccc1Cl. The molecule has 0 bridgehead atoms. The van der Waals surface area contributed by atoms with Gasteiger partial charge in [0.25, 0.3) is 11.8 Å². The summed E-state index contributed by atoms with van der Waals surface area (Å²) in [4.78, 5) is 36.7. The van der Waals surface area contributed by atoms with Crippen molar-refractivity contribution in [3.05, 3.63) is 98.5 Å². The van der Waals surface area contributed by atoms with Gasteiger partial charge in [-0.3, -0.25) is 9.59 Å². The van der Waals surface area contributed by atoms with Crippen LogP contribution in [-0.4, -0.2) is 30.5 Å². The van der Waals surface area contributed by atoms with Crippen molar-refractivity contribution in [3.8, 4) is 5.75 Å². The van der Waals surface area contributed by atoms with Crippen molar-refractivity contribution in [1.29, 1.82) is 0 Å². The molecule has 0 aliphatic heterocycles. The number of hydrogen-bond acceptors (Lipinski definition) is 5. The Hall–Kier alpha value is -3.49. The summed E-state index contributed by atoms with van der Waals surface area (Å²) in [5, 5.41) is 6.71. The highest BCUT2D eigenvalue weighted by Crippen LogP contribution is 2.24. The van der Waals surface area contributed by atoms with Gasteiger partial charge >= 0.3 is 5.97 Å². The van der Waals surface area contributed by atoms with E-state index >= 15 is 0 Å². The fourth-order valence-corrected chi connectivity index (χ4v) is 3.38. The first-order chi connectivity index (χ1) is 15.8. The number of carbonyl (C=O) groups excluding carboxylic acids is 3. The average Bonchev–Trinajstić information content (AvgIpc) is 2.79. The predicted octanol–water partition coefficient (Wildman–Crippen LogP) is 4.51. The third kappa shape index (κ3) is 6.74. The van der Waals surface area contributed by atoms with Gasteiger partial charge in [-0.2, -0.15) is 5.10 Å². The number of esters is 1. The van der Waals surface area contributed by atoms with Crippen LogP contribution in [0.25, 0.3) is 0 Å². The number of hydrazone groups is 1. The molecule has 0 aliphatic rings. The number of rotatable bonds is 7. The van der Waals surface area contributed by atoms with Gasteiger partial charge in [-0.25, -0.2) is 10.2 Å². The van der Waals surface area contributed by atoms with Crippen LogP contribution in [0.15, 0.2) is 76.3 Å². The van der Waals surface area contributed by atoms with Crippen LogP contribution in [0.5, 0.6) is 5.75 Å². The quantitative estimate of drug-likeness (QED) is 0.204. The van der Waals surface area contributed by atoms with Gasteiger partial charge in [0.1, 0.15) is 5.75 Å². The van der Waals surface area contributed by atoms with E-state index in [2.05, 4.69) is 31.8 Å². The highest BCUT2D eigenvalue weighted by Gasteiger charge is 2.14. The Labute approximate surface area is 203 Å². The first kappa shape index (κ1) is 24.2. The van der Waals surface area contributed by atoms with Crippen molar-refractivity contribution in [2.45, 2.75) is 6.92 Å². The molecule has 0 saturated carbocycles. The van der Waals surface area contributed by atoms with Crippen molar-refractivity contribution in [3.63, 3.8) is 0 Å². The second-order valence-electron chi connectivity index (χ2n) is 6.84. The number of ether oxygens (including phenoxy) is 1. The van der Waals surface area contributed by atoms with Crippen LogP contribution in [0.4, 0.5) is 0 Å². The van der Waals surface area contributed by atoms with Crippen molar-refractivity contribution in [2.75, 3.05) is 6.54 Å². The monoisotopic (exact) mass is 527 g/mol. The van der Waals surface area contributed by atoms with E-state index in [-0.39, 0.29) is 28.8 Å². The third-order valence-corrected chi connectivity index (χ3v) is 5.28. The molecule has 0 unspecified atom stereocenters. The van der Waals surface area contributed by atoms with E-state index in [1.165, 1.54) is 6.21 Å². The molecule has 0 aliphatic carbocycles. The summed E-state index contributed by atoms with van der Waals surface area (Å²) in [6.07, 6.45) is 1.33. The Morgan fingerprint density at radius 2 is 1.73 bits per heavy atom. The molecule has 7 nitrogen and oxygen atoms in total. The molecule has 0 atom stereocenters. The number of nitrogens with one attached hydrogen (secondary N) is 2. The fraction of sp³-hybridized carbons (Fsp3) is 0.0833. The minimum absolute atomic E-state index is 0.225. The molecule has 0 saturated heterocycles. The molecule has 33 heavy (non-hydrogen) atoms. The normalized spacial score (nSPS) is 10.6. The van der Waals surface area contributed by atoms with Gasteiger partial charge in [0.2, 0.25) is 0 Å². The lowest BCUT2D eigenvalue weighted by Gasteiger charge is -2.09. The van der Waals surface area contributed by atoms with Crippen LogP contribution in [0, 0.1) is 6.92 Å². The van der Waals surface area contributed by atoms with Crippen LogP contribution in [0.1, 0.15) is 31.8 Å². The molecule has 3 rings (SSSR count). The lowest BCUT2D eigenvalue weighted by Crippen LogP contribution is -2.35. The molecule has 0 radical (unpaired) electrons. The lowest BCUT2D eigenvalue weighted by molar-refractivity contribution is -0.120. The van der Waals surface area contributed by atoms with E-state index in [1.807, 2.05) is 19.1 Å². The summed E-state index contributed by atoms with van der Waals surface area (Å²) >= 11 is 9.41. The van der Waals surface area contributed by atoms with E-state index in [1.54, 1.807) is 54.6 Å². The summed E-state index contributed by atoms with van der Waals surface area (Å²) in [6.45, 7) is 1.56. The maximum absolute atomic E-state index is 12.5. The number of benzene rings is 3. The molecule has 3 aromatic carbocycles. The molecule has 2 amide bonds. The maximum Gasteiger partial charge on any atom is 0.345 e. The highest BCUT2D eigenvalue weighted by molar-refractivity contribution is 9.10. The summed E-state index contributed by atoms with van der Waals surface area (Å²) < 4.78 is 6.18. The van der Waals surface area contributed by atoms with E-state index in [4.69, 9.17) is 16.3 Å². The summed E-state index contributed by atoms with van der Waals surface area (Å²) in [7, 11) is 0. The standard InChI is InChI=1S/C24H19BrClN3O4/c1-15-6-2-3-7-18(15)23(31)27-14-22(30)29-28-13-16-12-17(25)10-11-21(16)33-24(32)19-8-4-5-9-20(19)26/h2-13H,14H2,1H3,(H,27,31)(H,29,30)/b28-13+. The first-order valence-electron chi connectivity index (χ1n) is 9.77. The molecule has 0 heterocycles. The first-order valence-corrected chi connectivity index (χ1v) is 10.9. The predicted molar refractivity (Wildman–Crippen MR) is 130 cm³/mol. The van der Waals surface area contributed by atoms with Crippen LogP contribution < -0.4 is 15.5 Å². The van der Waals surface area contributed by atoms with Gasteiger partial charge in [0.15, 0.2) is 0 Å². The number of nitrogens with zero attached hydrogens (tertiary/aromatic N) is 1. The topological polar surface area (TPSA) is 96.9 Å². The smallest absolute Gasteiger partial charge is 0.345 e. The minimum Gasteiger partial charge on any atom is -0.422 e. The van der Waals surface area contributed by atoms with Gasteiger partial charge in [-0.05, 0) is 48.9 Å². The second-order valence-corrected chi connectivity index (χ2v) is 8.17. The Kier molecular flexibility index (Phi) is 8.34. The van der Waals surface area contributed by atoms with Crippen molar-refractivity contribution in [1.82, 2.24) is 10.7 Å². The van der Waals surface area contributed by atoms with Gasteiger partial charge in [0.05, 0.1) is 23.3 Å². The fourth-order valence-electron chi connectivity index (χ4n) is 2.79. The van der Waals surface area contributed by atoms with Crippen molar-refractivity contribution in [2.24, 2.45) is 5.10 Å². The Bertz CT molecular complexity index is 1230. The second kappa shape index (κ2) is 11.4. The number of hydrogen-bond donors (Lipinski definition) is 2. The molecule has 3 aromatic rings. The zero-order valence-electron chi connectivity index (χ0n) is 17.5. The third-order valence-electron chi connectivity index (χ3n) is 4.46. The minimum atomic E-state index is -0.625. The van der Waals surface area contributed by atoms with E-state index in [9.17, 15) is 14.4 Å². The summed E-state index contributed by atoms with van der Waals surface area (Å²) in [5.41, 5.74) is 4.30. The molecule has 2 N–H and O–H groups in total. The van der Waals surface area contributed by atoms with Gasteiger partial charge in [-0.1, -0.05) is 57.9 Å². The number of aryl methyl sites for hydroxylation is 1. The summed E-state index contributed by atoms with van der Waals surface area (Å²) in [5.74, 6) is -1.26. The number of halogens is 2.